The molecular formula is C10H12N4O4S2. The number of aliphatic hydroxyl groups excluding tert-OH is 1. The molecule has 0 fully saturated rings. The Hall–Kier alpha value is -1.65. The van der Waals surface area contributed by atoms with Gasteiger partial charge in [0.2, 0.25) is 0 Å². The molecular weight excluding hydrogens is 304 g/mol. The minimum Gasteiger partial charge on any atom is -0.388 e. The Balaban J connectivity index is 2.42. The number of nitrogens with zero attached hydrogens (tertiary/aromatic N) is 3. The van der Waals surface area contributed by atoms with E-state index >= 15 is 0 Å². The lowest BCUT2D eigenvalue weighted by Crippen LogP contribution is -2.15. The molecule has 8 nitrogen and oxygen atoms in total. The van der Waals surface area contributed by atoms with Gasteiger partial charge in [-0.1, -0.05) is 0 Å². The van der Waals surface area contributed by atoms with E-state index in [-0.39, 0.29) is 11.4 Å². The highest BCUT2D eigenvalue weighted by Crippen LogP contribution is 2.42. The minimum atomic E-state index is -0.777. The number of nitro groups is 1. The van der Waals surface area contributed by atoms with Gasteiger partial charge in [0.15, 0.2) is 5.16 Å². The van der Waals surface area contributed by atoms with Crippen LogP contribution in [-0.4, -0.2) is 24.8 Å². The van der Waals surface area contributed by atoms with Crippen molar-refractivity contribution in [2.45, 2.75) is 35.9 Å². The van der Waals surface area contributed by atoms with E-state index in [1.54, 1.807) is 13.8 Å². The summed E-state index contributed by atoms with van der Waals surface area (Å²) in [5.74, 6) is 0. The molecule has 0 saturated heterocycles. The Morgan fingerprint density at radius 3 is 2.95 bits per heavy atom. The third-order valence-corrected chi connectivity index (χ3v) is 5.01. The van der Waals surface area contributed by atoms with Crippen molar-refractivity contribution in [1.82, 2.24) is 14.8 Å². The number of nitrogens with one attached hydrogen (secondary N) is 1. The van der Waals surface area contributed by atoms with Gasteiger partial charge in [0.25, 0.3) is 5.69 Å². The molecule has 0 radical (unpaired) electrons. The molecule has 108 valence electrons. The maximum Gasteiger partial charge on any atom is 0.343 e. The first-order valence-corrected chi connectivity index (χ1v) is 7.36. The van der Waals surface area contributed by atoms with Gasteiger partial charge < -0.3 is 5.11 Å². The zero-order valence-electron chi connectivity index (χ0n) is 10.7. The molecule has 0 unspecified atom stereocenters. The molecule has 2 aromatic rings. The fourth-order valence-corrected chi connectivity index (χ4v) is 3.82. The van der Waals surface area contributed by atoms with Crippen molar-refractivity contribution < 1.29 is 10.0 Å². The van der Waals surface area contributed by atoms with Crippen molar-refractivity contribution in [3.8, 4) is 0 Å². The van der Waals surface area contributed by atoms with Crippen LogP contribution in [0.1, 0.15) is 24.8 Å². The van der Waals surface area contributed by atoms with Crippen LogP contribution in [0.15, 0.2) is 20.2 Å². The molecule has 10 heteroatoms. The number of aromatic amines is 1. The van der Waals surface area contributed by atoms with E-state index in [0.29, 0.717) is 20.8 Å². The molecule has 20 heavy (non-hydrogen) atoms. The molecule has 2 aromatic heterocycles. The standard InChI is InChI=1S/C10H12N4O4S2/c1-3-13-9(16)11-12-10(13)20-8-6(14(17)18)4-7(19-8)5(2)15/h4-5,15H,3H2,1-2H3,(H,11,16)/t5-/m0/s1. The number of aliphatic hydroxyl groups is 1. The molecule has 0 aliphatic rings. The second kappa shape index (κ2) is 5.77. The van der Waals surface area contributed by atoms with Gasteiger partial charge in [0.1, 0.15) is 4.21 Å². The second-order valence-electron chi connectivity index (χ2n) is 3.91. The van der Waals surface area contributed by atoms with E-state index in [4.69, 9.17) is 0 Å². The van der Waals surface area contributed by atoms with Crippen LogP contribution in [0.5, 0.6) is 0 Å². The van der Waals surface area contributed by atoms with Crippen LogP contribution in [-0.2, 0) is 6.54 Å². The van der Waals surface area contributed by atoms with E-state index in [1.807, 2.05) is 0 Å². The van der Waals surface area contributed by atoms with Crippen molar-refractivity contribution in [1.29, 1.82) is 0 Å². The van der Waals surface area contributed by atoms with Crippen LogP contribution in [0, 0.1) is 10.1 Å². The molecule has 0 aromatic carbocycles. The van der Waals surface area contributed by atoms with Crippen LogP contribution in [0.25, 0.3) is 0 Å². The van der Waals surface area contributed by atoms with Gasteiger partial charge in [-0.15, -0.1) is 16.4 Å². The molecule has 0 amide bonds. The second-order valence-corrected chi connectivity index (χ2v) is 6.23. The van der Waals surface area contributed by atoms with E-state index < -0.39 is 11.0 Å². The number of aromatic nitrogens is 3. The van der Waals surface area contributed by atoms with Gasteiger partial charge in [0.05, 0.1) is 11.0 Å². The Labute approximate surface area is 121 Å². The maximum absolute atomic E-state index is 11.5. The lowest BCUT2D eigenvalue weighted by atomic mass is 10.3. The number of hydrogen-bond donors (Lipinski definition) is 2. The smallest absolute Gasteiger partial charge is 0.343 e. The highest BCUT2D eigenvalue weighted by molar-refractivity contribution is 8.01. The van der Waals surface area contributed by atoms with Gasteiger partial charge in [0, 0.05) is 17.5 Å². The summed E-state index contributed by atoms with van der Waals surface area (Å²) in [6.45, 7) is 3.74. The highest BCUT2D eigenvalue weighted by Gasteiger charge is 2.23. The Bertz CT molecular complexity index is 688. The molecule has 0 aliphatic heterocycles. The van der Waals surface area contributed by atoms with Crippen LogP contribution in [0.2, 0.25) is 0 Å². The number of H-pyrrole nitrogens is 1. The Morgan fingerprint density at radius 1 is 1.70 bits per heavy atom. The zero-order chi connectivity index (χ0) is 14.9. The summed E-state index contributed by atoms with van der Waals surface area (Å²) in [5, 5.41) is 27.1. The summed E-state index contributed by atoms with van der Waals surface area (Å²) in [4.78, 5) is 22.5. The topological polar surface area (TPSA) is 114 Å². The predicted molar refractivity (Wildman–Crippen MR) is 74.3 cm³/mol. The van der Waals surface area contributed by atoms with Gasteiger partial charge in [-0.3, -0.25) is 14.7 Å². The minimum absolute atomic E-state index is 0.0889. The van der Waals surface area contributed by atoms with Gasteiger partial charge in [-0.05, 0) is 25.6 Å². The zero-order valence-corrected chi connectivity index (χ0v) is 12.3. The fourth-order valence-electron chi connectivity index (χ4n) is 1.53. The van der Waals surface area contributed by atoms with E-state index in [0.717, 1.165) is 23.1 Å². The van der Waals surface area contributed by atoms with Crippen molar-refractivity contribution in [2.75, 3.05) is 0 Å². The van der Waals surface area contributed by atoms with Gasteiger partial charge in [-0.25, -0.2) is 9.89 Å². The monoisotopic (exact) mass is 316 g/mol. The lowest BCUT2D eigenvalue weighted by molar-refractivity contribution is -0.387. The molecule has 0 aliphatic carbocycles. The normalized spacial score (nSPS) is 12.6. The molecule has 0 bridgehead atoms. The summed E-state index contributed by atoms with van der Waals surface area (Å²) in [5.41, 5.74) is -0.445. The van der Waals surface area contributed by atoms with Crippen molar-refractivity contribution in [3.05, 3.63) is 31.5 Å². The average molecular weight is 316 g/mol. The van der Waals surface area contributed by atoms with E-state index in [1.165, 1.54) is 10.6 Å². The summed E-state index contributed by atoms with van der Waals surface area (Å²) >= 11 is 2.16. The molecule has 2 heterocycles. The lowest BCUT2D eigenvalue weighted by Gasteiger charge is -1.99. The Kier molecular flexibility index (Phi) is 4.26. The van der Waals surface area contributed by atoms with Crippen LogP contribution in [0.3, 0.4) is 0 Å². The average Bonchev–Trinajstić information content (AvgIpc) is 2.94. The van der Waals surface area contributed by atoms with Crippen LogP contribution < -0.4 is 5.69 Å². The third kappa shape index (κ3) is 2.76. The van der Waals surface area contributed by atoms with Gasteiger partial charge >= 0.3 is 5.69 Å². The quantitative estimate of drug-likeness (QED) is 0.642. The molecule has 0 spiro atoms. The van der Waals surface area contributed by atoms with Crippen molar-refractivity contribution in [2.24, 2.45) is 0 Å². The summed E-state index contributed by atoms with van der Waals surface area (Å²) in [6.07, 6.45) is -0.777. The molecule has 2 rings (SSSR count). The number of rotatable bonds is 5. The third-order valence-electron chi connectivity index (χ3n) is 2.53. The maximum atomic E-state index is 11.5. The highest BCUT2D eigenvalue weighted by atomic mass is 32.2. The largest absolute Gasteiger partial charge is 0.388 e. The van der Waals surface area contributed by atoms with Gasteiger partial charge in [-0.2, -0.15) is 0 Å². The predicted octanol–water partition coefficient (Wildman–Crippen LogP) is 1.77. The van der Waals surface area contributed by atoms with Crippen LogP contribution >= 0.6 is 23.1 Å². The summed E-state index contributed by atoms with van der Waals surface area (Å²) in [6, 6.07) is 1.35. The Morgan fingerprint density at radius 2 is 2.40 bits per heavy atom. The first kappa shape index (κ1) is 14.8. The van der Waals surface area contributed by atoms with E-state index in [9.17, 15) is 20.0 Å². The molecule has 1 atom stereocenters. The van der Waals surface area contributed by atoms with Crippen molar-refractivity contribution in [3.63, 3.8) is 0 Å². The van der Waals surface area contributed by atoms with E-state index in [2.05, 4.69) is 10.2 Å². The summed E-state index contributed by atoms with van der Waals surface area (Å²) < 4.78 is 1.77. The first-order chi connectivity index (χ1) is 9.43. The number of hydrogen-bond acceptors (Lipinski definition) is 7. The number of thiophene rings is 1. The molecule has 2 N–H and O–H groups in total. The summed E-state index contributed by atoms with van der Waals surface area (Å²) in [7, 11) is 0. The fraction of sp³-hybridized carbons (Fsp3) is 0.400. The SMILES string of the molecule is CCn1c(Sc2sc([C@H](C)O)cc2[N+](=O)[O-])n[nH]c1=O. The first-order valence-electron chi connectivity index (χ1n) is 5.73. The van der Waals surface area contributed by atoms with Crippen molar-refractivity contribution >= 4 is 28.8 Å². The molecule has 0 saturated carbocycles. The van der Waals surface area contributed by atoms with Crippen LogP contribution in [0.4, 0.5) is 5.69 Å².